The summed E-state index contributed by atoms with van der Waals surface area (Å²) in [7, 11) is 2.59. The van der Waals surface area contributed by atoms with E-state index < -0.39 is 47.4 Å². The Morgan fingerprint density at radius 1 is 0.784 bits per heavy atom. The van der Waals surface area contributed by atoms with Gasteiger partial charge >= 0.3 is 24.1 Å². The molecule has 1 aromatic rings. The van der Waals surface area contributed by atoms with Gasteiger partial charge in [0.25, 0.3) is 0 Å². The number of benzene rings is 1. The van der Waals surface area contributed by atoms with E-state index in [1.165, 1.54) is 24.0 Å². The molecule has 1 saturated heterocycles. The Hall–Kier alpha value is -3.30. The van der Waals surface area contributed by atoms with Crippen LogP contribution in [0.15, 0.2) is 18.2 Å². The summed E-state index contributed by atoms with van der Waals surface area (Å²) in [5.41, 5.74) is 1.28. The van der Waals surface area contributed by atoms with Crippen LogP contribution >= 0.6 is 0 Å². The topological polar surface area (TPSA) is 112 Å². The molecule has 0 bridgehead atoms. The maximum atomic E-state index is 13.0. The van der Waals surface area contributed by atoms with Gasteiger partial charge in [0.05, 0.1) is 20.8 Å². The van der Waals surface area contributed by atoms with Gasteiger partial charge in [-0.1, -0.05) is 18.2 Å². The summed E-state index contributed by atoms with van der Waals surface area (Å²) in [4.78, 5) is 53.6. The molecule has 10 heteroatoms. The number of amides is 2. The Labute approximate surface area is 218 Å². The SMILES string of the molecule is COC(=O)C1Cc2ccc(C3C[C@H](C(=O)OC)N(C(=O)OC(C)(C)C)C3)cc2CN1C(=O)OC(C)(C)C. The molecular weight excluding hydrogens is 480 g/mol. The van der Waals surface area contributed by atoms with Gasteiger partial charge in [0.15, 0.2) is 0 Å². The van der Waals surface area contributed by atoms with Crippen LogP contribution in [0, 0.1) is 0 Å². The molecule has 10 nitrogen and oxygen atoms in total. The fourth-order valence-corrected chi connectivity index (χ4v) is 4.68. The average molecular weight is 519 g/mol. The zero-order chi connectivity index (χ0) is 27.7. The number of carbonyl (C=O) groups is 4. The van der Waals surface area contributed by atoms with Crippen molar-refractivity contribution in [2.24, 2.45) is 0 Å². The number of hydrogen-bond donors (Lipinski definition) is 0. The maximum absolute atomic E-state index is 13.0. The van der Waals surface area contributed by atoms with E-state index in [9.17, 15) is 19.2 Å². The summed E-state index contributed by atoms with van der Waals surface area (Å²) in [6.45, 7) is 11.1. The number of carbonyl (C=O) groups excluding carboxylic acids is 4. The molecule has 3 atom stereocenters. The van der Waals surface area contributed by atoms with E-state index in [-0.39, 0.29) is 19.0 Å². The summed E-state index contributed by atoms with van der Waals surface area (Å²) in [5.74, 6) is -1.15. The number of esters is 2. The molecule has 1 fully saturated rings. The first kappa shape index (κ1) is 28.3. The van der Waals surface area contributed by atoms with Crippen molar-refractivity contribution in [3.8, 4) is 0 Å². The number of rotatable bonds is 3. The zero-order valence-corrected chi connectivity index (χ0v) is 23.0. The predicted octanol–water partition coefficient (Wildman–Crippen LogP) is 3.79. The Balaban J connectivity index is 1.88. The van der Waals surface area contributed by atoms with E-state index in [1.54, 1.807) is 41.5 Å². The molecule has 0 radical (unpaired) electrons. The zero-order valence-electron chi connectivity index (χ0n) is 23.0. The van der Waals surface area contributed by atoms with Gasteiger partial charge < -0.3 is 18.9 Å². The van der Waals surface area contributed by atoms with Gasteiger partial charge in [-0.15, -0.1) is 0 Å². The molecule has 204 valence electrons. The largest absolute Gasteiger partial charge is 0.467 e. The van der Waals surface area contributed by atoms with Crippen molar-refractivity contribution in [2.45, 2.75) is 90.1 Å². The molecule has 2 heterocycles. The number of hydrogen-bond acceptors (Lipinski definition) is 8. The molecule has 0 aliphatic carbocycles. The molecule has 2 aliphatic rings. The monoisotopic (exact) mass is 518 g/mol. The minimum atomic E-state index is -0.795. The van der Waals surface area contributed by atoms with Crippen LogP contribution in [0.4, 0.5) is 9.59 Å². The fourth-order valence-electron chi connectivity index (χ4n) is 4.68. The summed E-state index contributed by atoms with van der Waals surface area (Å²) in [6, 6.07) is 4.28. The van der Waals surface area contributed by atoms with Crippen LogP contribution in [0.5, 0.6) is 0 Å². The maximum Gasteiger partial charge on any atom is 0.411 e. The molecule has 37 heavy (non-hydrogen) atoms. The van der Waals surface area contributed by atoms with Gasteiger partial charge in [-0.05, 0) is 64.7 Å². The number of likely N-dealkylation sites (tertiary alicyclic amines) is 1. The Morgan fingerprint density at radius 3 is 1.86 bits per heavy atom. The van der Waals surface area contributed by atoms with Crippen LogP contribution < -0.4 is 0 Å². The molecule has 1 aromatic carbocycles. The minimum absolute atomic E-state index is 0.143. The van der Waals surface area contributed by atoms with Gasteiger partial charge in [-0.3, -0.25) is 9.80 Å². The average Bonchev–Trinajstić information content (AvgIpc) is 3.25. The van der Waals surface area contributed by atoms with E-state index in [1.807, 2.05) is 18.2 Å². The van der Waals surface area contributed by atoms with Crippen molar-refractivity contribution in [2.75, 3.05) is 20.8 Å². The molecule has 2 aliphatic heterocycles. The minimum Gasteiger partial charge on any atom is -0.467 e. The molecule has 0 N–H and O–H groups in total. The second-order valence-electron chi connectivity index (χ2n) is 11.5. The quantitative estimate of drug-likeness (QED) is 0.439. The van der Waals surface area contributed by atoms with Crippen LogP contribution in [0.3, 0.4) is 0 Å². The van der Waals surface area contributed by atoms with E-state index in [0.29, 0.717) is 12.8 Å². The molecule has 0 spiro atoms. The summed E-state index contributed by atoms with van der Waals surface area (Å²) in [5, 5.41) is 0. The third-order valence-corrected chi connectivity index (χ3v) is 6.34. The fraction of sp³-hybridized carbons (Fsp3) is 0.630. The van der Waals surface area contributed by atoms with Crippen molar-refractivity contribution >= 4 is 24.1 Å². The molecule has 3 rings (SSSR count). The van der Waals surface area contributed by atoms with E-state index >= 15 is 0 Å². The lowest BCUT2D eigenvalue weighted by atomic mass is 9.88. The molecule has 2 unspecified atom stereocenters. The highest BCUT2D eigenvalue weighted by Crippen LogP contribution is 2.36. The Bertz CT molecular complexity index is 1060. The second-order valence-corrected chi connectivity index (χ2v) is 11.5. The number of ether oxygens (including phenoxy) is 4. The third-order valence-electron chi connectivity index (χ3n) is 6.34. The Morgan fingerprint density at radius 2 is 1.32 bits per heavy atom. The molecule has 0 aromatic heterocycles. The number of nitrogens with zero attached hydrogens (tertiary/aromatic N) is 2. The number of fused-ring (bicyclic) bond motifs is 1. The van der Waals surface area contributed by atoms with Crippen LogP contribution in [0.2, 0.25) is 0 Å². The van der Waals surface area contributed by atoms with Crippen molar-refractivity contribution < 1.29 is 38.1 Å². The highest BCUT2D eigenvalue weighted by Gasteiger charge is 2.43. The lowest BCUT2D eigenvalue weighted by Crippen LogP contribution is -2.50. The summed E-state index contributed by atoms with van der Waals surface area (Å²) < 4.78 is 21.0. The molecule has 2 amide bonds. The molecule has 0 saturated carbocycles. The van der Waals surface area contributed by atoms with Gasteiger partial charge in [-0.25, -0.2) is 19.2 Å². The van der Waals surface area contributed by atoms with Crippen molar-refractivity contribution in [1.82, 2.24) is 9.80 Å². The summed E-state index contributed by atoms with van der Waals surface area (Å²) >= 11 is 0. The van der Waals surface area contributed by atoms with Gasteiger partial charge in [-0.2, -0.15) is 0 Å². The van der Waals surface area contributed by atoms with Crippen molar-refractivity contribution in [3.63, 3.8) is 0 Å². The van der Waals surface area contributed by atoms with Crippen LogP contribution in [-0.4, -0.2) is 78.0 Å². The molecular formula is C27H38N2O8. The van der Waals surface area contributed by atoms with Crippen molar-refractivity contribution in [1.29, 1.82) is 0 Å². The van der Waals surface area contributed by atoms with E-state index in [4.69, 9.17) is 18.9 Å². The van der Waals surface area contributed by atoms with Gasteiger partial charge in [0.1, 0.15) is 23.3 Å². The first-order chi connectivity index (χ1) is 17.1. The first-order valence-electron chi connectivity index (χ1n) is 12.4. The van der Waals surface area contributed by atoms with Crippen LogP contribution in [-0.2, 0) is 41.5 Å². The summed E-state index contributed by atoms with van der Waals surface area (Å²) in [6.07, 6.45) is -0.492. The normalized spacial score (nSPS) is 21.7. The van der Waals surface area contributed by atoms with E-state index in [2.05, 4.69) is 0 Å². The third kappa shape index (κ3) is 6.72. The van der Waals surface area contributed by atoms with Crippen LogP contribution in [0.25, 0.3) is 0 Å². The second kappa shape index (κ2) is 10.6. The predicted molar refractivity (Wildman–Crippen MR) is 134 cm³/mol. The first-order valence-corrected chi connectivity index (χ1v) is 12.4. The number of methoxy groups -OCH3 is 2. The highest BCUT2D eigenvalue weighted by molar-refractivity contribution is 5.83. The standard InChI is InChI=1S/C27H38N2O8/c1-26(2,3)36-24(32)28-14-18-11-16(9-10-17(18)12-20(28)22(30)34-7)19-13-21(23(31)35-8)29(15-19)25(33)37-27(4,5)6/h9-11,19-21H,12-15H2,1-8H3/t19?,20?,21-/m1/s1. The van der Waals surface area contributed by atoms with Crippen molar-refractivity contribution in [3.05, 3.63) is 34.9 Å². The van der Waals surface area contributed by atoms with Gasteiger partial charge in [0.2, 0.25) is 0 Å². The van der Waals surface area contributed by atoms with Crippen LogP contribution in [0.1, 0.15) is 70.6 Å². The Kier molecular flexibility index (Phi) is 8.09. The highest BCUT2D eigenvalue weighted by atomic mass is 16.6. The lowest BCUT2D eigenvalue weighted by Gasteiger charge is -2.36. The lowest BCUT2D eigenvalue weighted by molar-refractivity contribution is -0.147. The van der Waals surface area contributed by atoms with E-state index in [0.717, 1.165) is 16.7 Å². The smallest absolute Gasteiger partial charge is 0.411 e. The van der Waals surface area contributed by atoms with Gasteiger partial charge in [0, 0.05) is 18.9 Å².